The van der Waals surface area contributed by atoms with E-state index in [0.29, 0.717) is 17.0 Å². The number of nitrogens with one attached hydrogen (secondary N) is 1. The Morgan fingerprint density at radius 3 is 2.46 bits per heavy atom. The number of carboxylic acids is 1. The Bertz CT molecular complexity index is 743. The van der Waals surface area contributed by atoms with Crippen LogP contribution in [0.25, 0.3) is 0 Å². The zero-order chi connectivity index (χ0) is 17.7. The van der Waals surface area contributed by atoms with Gasteiger partial charge >= 0.3 is 5.97 Å². The van der Waals surface area contributed by atoms with Crippen LogP contribution >= 0.6 is 11.6 Å². The molecule has 1 atom stereocenters. The third kappa shape index (κ3) is 4.49. The summed E-state index contributed by atoms with van der Waals surface area (Å²) in [5, 5.41) is 11.8. The Morgan fingerprint density at radius 1 is 1.21 bits per heavy atom. The highest BCUT2D eigenvalue weighted by Gasteiger charge is 2.12. The van der Waals surface area contributed by atoms with E-state index in [4.69, 9.17) is 21.4 Å². The highest BCUT2D eigenvalue weighted by molar-refractivity contribution is 6.33. The fraction of sp³-hybridized carbons (Fsp3) is 0.222. The summed E-state index contributed by atoms with van der Waals surface area (Å²) in [4.78, 5) is 23.3. The maximum Gasteiger partial charge on any atom is 0.337 e. The van der Waals surface area contributed by atoms with Gasteiger partial charge in [-0.3, -0.25) is 4.79 Å². The molecule has 0 aliphatic heterocycles. The van der Waals surface area contributed by atoms with Gasteiger partial charge in [0.05, 0.1) is 16.7 Å². The second kappa shape index (κ2) is 7.84. The minimum absolute atomic E-state index is 0.0632. The van der Waals surface area contributed by atoms with Gasteiger partial charge in [0.1, 0.15) is 5.75 Å². The lowest BCUT2D eigenvalue weighted by Gasteiger charge is -2.13. The molecule has 2 rings (SSSR count). The van der Waals surface area contributed by atoms with Crippen LogP contribution in [0.5, 0.6) is 5.75 Å². The van der Waals surface area contributed by atoms with E-state index in [2.05, 4.69) is 5.32 Å². The molecule has 0 saturated heterocycles. The van der Waals surface area contributed by atoms with Crippen molar-refractivity contribution < 1.29 is 19.4 Å². The summed E-state index contributed by atoms with van der Waals surface area (Å²) in [5.74, 6) is -0.799. The number of hydrogen-bond donors (Lipinski definition) is 2. The van der Waals surface area contributed by atoms with Gasteiger partial charge in [-0.2, -0.15) is 0 Å². The summed E-state index contributed by atoms with van der Waals surface area (Å²) in [6.45, 7) is 4.01. The third-order valence-corrected chi connectivity index (χ3v) is 3.81. The number of amides is 1. The summed E-state index contributed by atoms with van der Waals surface area (Å²) in [6, 6.07) is 11.1. The van der Waals surface area contributed by atoms with Crippen molar-refractivity contribution in [1.82, 2.24) is 0 Å². The smallest absolute Gasteiger partial charge is 0.337 e. The van der Waals surface area contributed by atoms with Crippen molar-refractivity contribution in [2.75, 3.05) is 5.32 Å². The van der Waals surface area contributed by atoms with E-state index >= 15 is 0 Å². The molecule has 6 heteroatoms. The molecule has 0 radical (unpaired) electrons. The summed E-state index contributed by atoms with van der Waals surface area (Å²) in [5.41, 5.74) is 0.742. The molecule has 0 unspecified atom stereocenters. The van der Waals surface area contributed by atoms with Gasteiger partial charge < -0.3 is 15.2 Å². The van der Waals surface area contributed by atoms with E-state index in [-0.39, 0.29) is 22.6 Å². The molecule has 2 aromatic rings. The Balaban J connectivity index is 2.10. The van der Waals surface area contributed by atoms with E-state index < -0.39 is 5.97 Å². The van der Waals surface area contributed by atoms with Crippen LogP contribution in [0.2, 0.25) is 5.02 Å². The van der Waals surface area contributed by atoms with Crippen molar-refractivity contribution in [2.45, 2.75) is 26.4 Å². The first-order valence-electron chi connectivity index (χ1n) is 7.51. The number of carboxylic acid groups (broad SMARTS) is 1. The monoisotopic (exact) mass is 347 g/mol. The van der Waals surface area contributed by atoms with E-state index in [0.717, 1.165) is 6.42 Å². The fourth-order valence-corrected chi connectivity index (χ4v) is 2.17. The van der Waals surface area contributed by atoms with Crippen molar-refractivity contribution >= 4 is 29.2 Å². The first-order chi connectivity index (χ1) is 11.4. The van der Waals surface area contributed by atoms with Gasteiger partial charge in [0.2, 0.25) is 0 Å². The number of hydrogen-bond acceptors (Lipinski definition) is 3. The summed E-state index contributed by atoms with van der Waals surface area (Å²) in [6.07, 6.45) is 0.998. The third-order valence-electron chi connectivity index (χ3n) is 3.48. The molecule has 0 fully saturated rings. The maximum atomic E-state index is 12.2. The lowest BCUT2D eigenvalue weighted by atomic mass is 10.1. The lowest BCUT2D eigenvalue weighted by Crippen LogP contribution is -2.13. The topological polar surface area (TPSA) is 75.6 Å². The van der Waals surface area contributed by atoms with E-state index in [9.17, 15) is 9.59 Å². The summed E-state index contributed by atoms with van der Waals surface area (Å²) in [7, 11) is 0. The number of aromatic carboxylic acids is 1. The molecule has 126 valence electrons. The molecule has 5 nitrogen and oxygen atoms in total. The molecule has 2 N–H and O–H groups in total. The molecule has 0 spiro atoms. The van der Waals surface area contributed by atoms with Gasteiger partial charge in [-0.25, -0.2) is 4.79 Å². The minimum atomic E-state index is -1.15. The highest BCUT2D eigenvalue weighted by atomic mass is 35.5. The average molecular weight is 348 g/mol. The maximum absolute atomic E-state index is 12.2. The number of carbonyl (C=O) groups is 2. The van der Waals surface area contributed by atoms with Crippen LogP contribution in [-0.2, 0) is 0 Å². The molecular formula is C18H18ClNO4. The van der Waals surface area contributed by atoms with Crippen molar-refractivity contribution in [3.05, 3.63) is 58.6 Å². The average Bonchev–Trinajstić information content (AvgIpc) is 2.56. The minimum Gasteiger partial charge on any atom is -0.491 e. The fourth-order valence-electron chi connectivity index (χ4n) is 1.97. The molecule has 0 bridgehead atoms. The van der Waals surface area contributed by atoms with Crippen LogP contribution in [-0.4, -0.2) is 23.1 Å². The van der Waals surface area contributed by atoms with Crippen LogP contribution in [0.3, 0.4) is 0 Å². The summed E-state index contributed by atoms with van der Waals surface area (Å²) >= 11 is 5.81. The predicted molar refractivity (Wildman–Crippen MR) is 93.2 cm³/mol. The normalized spacial score (nSPS) is 11.6. The number of carbonyl (C=O) groups excluding carboxylic acids is 1. The van der Waals surface area contributed by atoms with Crippen molar-refractivity contribution in [2.24, 2.45) is 0 Å². The molecule has 2 aromatic carbocycles. The largest absolute Gasteiger partial charge is 0.491 e. The number of ether oxygens (including phenoxy) is 1. The van der Waals surface area contributed by atoms with Gasteiger partial charge in [-0.1, -0.05) is 18.5 Å². The Kier molecular flexibility index (Phi) is 5.82. The predicted octanol–water partition coefficient (Wildman–Crippen LogP) is 4.47. The van der Waals surface area contributed by atoms with Gasteiger partial charge in [0.15, 0.2) is 0 Å². The molecule has 0 aromatic heterocycles. The number of benzene rings is 2. The number of rotatable bonds is 6. The van der Waals surface area contributed by atoms with Crippen LogP contribution in [0.1, 0.15) is 41.0 Å². The number of halogens is 1. The van der Waals surface area contributed by atoms with Crippen molar-refractivity contribution in [1.29, 1.82) is 0 Å². The second-order valence-electron chi connectivity index (χ2n) is 5.31. The van der Waals surface area contributed by atoms with Crippen LogP contribution in [0.4, 0.5) is 5.69 Å². The molecular weight excluding hydrogens is 330 g/mol. The molecule has 0 heterocycles. The van der Waals surface area contributed by atoms with Gasteiger partial charge in [0.25, 0.3) is 5.91 Å². The lowest BCUT2D eigenvalue weighted by molar-refractivity contribution is 0.0696. The molecule has 0 aliphatic carbocycles. The Hall–Kier alpha value is -2.53. The SMILES string of the molecule is CC[C@H](C)Oc1ccc(C(=O)Nc2ccc(Cl)c(C(=O)O)c2)cc1. The molecule has 1 amide bonds. The van der Waals surface area contributed by atoms with Gasteiger partial charge in [-0.05, 0) is 55.8 Å². The Labute approximate surface area is 145 Å². The first kappa shape index (κ1) is 17.8. The van der Waals surface area contributed by atoms with Crippen LogP contribution in [0, 0.1) is 0 Å². The first-order valence-corrected chi connectivity index (χ1v) is 7.89. The highest BCUT2D eigenvalue weighted by Crippen LogP contribution is 2.21. The van der Waals surface area contributed by atoms with E-state index in [1.807, 2.05) is 13.8 Å². The van der Waals surface area contributed by atoms with E-state index in [1.165, 1.54) is 12.1 Å². The van der Waals surface area contributed by atoms with Crippen molar-refractivity contribution in [3.8, 4) is 5.75 Å². The van der Waals surface area contributed by atoms with E-state index in [1.54, 1.807) is 30.3 Å². The molecule has 0 aliphatic rings. The second-order valence-corrected chi connectivity index (χ2v) is 5.72. The standard InChI is InChI=1S/C18H18ClNO4/c1-3-11(2)24-14-7-4-12(5-8-14)17(21)20-13-6-9-16(19)15(10-13)18(22)23/h4-11H,3H2,1-2H3,(H,20,21)(H,22,23)/t11-/m0/s1. The van der Waals surface area contributed by atoms with Crippen molar-refractivity contribution in [3.63, 3.8) is 0 Å². The zero-order valence-corrected chi connectivity index (χ0v) is 14.1. The number of anilines is 1. The van der Waals surface area contributed by atoms with Gasteiger partial charge in [0, 0.05) is 11.3 Å². The molecule has 24 heavy (non-hydrogen) atoms. The molecule has 0 saturated carbocycles. The Morgan fingerprint density at radius 2 is 1.88 bits per heavy atom. The summed E-state index contributed by atoms with van der Waals surface area (Å²) < 4.78 is 5.66. The zero-order valence-electron chi connectivity index (χ0n) is 13.4. The quantitative estimate of drug-likeness (QED) is 0.808. The van der Waals surface area contributed by atoms with Crippen LogP contribution in [0.15, 0.2) is 42.5 Å². The van der Waals surface area contributed by atoms with Gasteiger partial charge in [-0.15, -0.1) is 0 Å². The van der Waals surface area contributed by atoms with Crippen LogP contribution < -0.4 is 10.1 Å².